The van der Waals surface area contributed by atoms with E-state index in [0.717, 1.165) is 16.5 Å². The second-order valence-electron chi connectivity index (χ2n) is 18.1. The number of H-pyrrole nitrogens is 1. The summed E-state index contributed by atoms with van der Waals surface area (Å²) in [5.74, 6) is -2.06. The number of para-hydroxylation sites is 1. The molecule has 10 atom stereocenters. The summed E-state index contributed by atoms with van der Waals surface area (Å²) in [5, 5.41) is 26.3. The quantitative estimate of drug-likeness (QED) is 0.131. The van der Waals surface area contributed by atoms with Gasteiger partial charge in [0.25, 0.3) is 0 Å². The predicted molar refractivity (Wildman–Crippen MR) is 221 cm³/mol. The number of aliphatic hydroxyl groups is 2. The fourth-order valence-electron chi connectivity index (χ4n) is 13.4. The molecule has 3 fully saturated rings. The summed E-state index contributed by atoms with van der Waals surface area (Å²) in [5.41, 5.74) is -3.15. The Bertz CT molecular complexity index is 2310. The van der Waals surface area contributed by atoms with E-state index in [1.165, 1.54) is 33.2 Å². The molecule has 60 heavy (non-hydrogen) atoms. The molecule has 6 heterocycles. The fraction of sp³-hybridized carbons (Fsp3) is 0.565. The topological polar surface area (TPSA) is 171 Å². The van der Waals surface area contributed by atoms with Gasteiger partial charge >= 0.3 is 17.9 Å². The van der Waals surface area contributed by atoms with E-state index in [2.05, 4.69) is 20.9 Å². The van der Waals surface area contributed by atoms with Crippen LogP contribution in [0.2, 0.25) is 0 Å². The van der Waals surface area contributed by atoms with E-state index < -0.39 is 63.5 Å². The van der Waals surface area contributed by atoms with Crippen molar-refractivity contribution in [3.8, 4) is 5.75 Å². The number of aromatic amines is 1. The third kappa shape index (κ3) is 5.19. The van der Waals surface area contributed by atoms with Crippen LogP contribution in [0.4, 0.5) is 5.69 Å². The number of rotatable bonds is 8. The smallest absolute Gasteiger partial charge is 0.344 e. The molecule has 3 aromatic rings. The second-order valence-corrected chi connectivity index (χ2v) is 18.1. The molecule has 1 aliphatic carbocycles. The summed E-state index contributed by atoms with van der Waals surface area (Å²) in [6.45, 7) is 8.16. The van der Waals surface area contributed by atoms with Gasteiger partial charge in [-0.1, -0.05) is 44.2 Å². The molecule has 0 radical (unpaired) electrons. The van der Waals surface area contributed by atoms with E-state index in [9.17, 15) is 24.6 Å². The molecule has 6 aliphatic rings. The molecule has 2 unspecified atom stereocenters. The van der Waals surface area contributed by atoms with Crippen LogP contribution in [0.1, 0.15) is 75.3 Å². The van der Waals surface area contributed by atoms with Gasteiger partial charge in [-0.05, 0) is 74.2 Å². The number of methoxy groups -OCH3 is 3. The Morgan fingerprint density at radius 1 is 0.967 bits per heavy atom. The number of esters is 3. The van der Waals surface area contributed by atoms with Gasteiger partial charge in [0.05, 0.1) is 38.7 Å². The zero-order valence-electron chi connectivity index (χ0n) is 35.3. The average Bonchev–Trinajstić information content (AvgIpc) is 3.92. The third-order valence-electron chi connectivity index (χ3n) is 15.5. The van der Waals surface area contributed by atoms with Crippen LogP contribution in [-0.2, 0) is 50.6 Å². The number of amides is 1. The average molecular weight is 825 g/mol. The maximum Gasteiger partial charge on any atom is 0.344 e. The van der Waals surface area contributed by atoms with Crippen LogP contribution in [0, 0.1) is 11.3 Å². The summed E-state index contributed by atoms with van der Waals surface area (Å²) in [6, 6.07) is 9.97. The molecular weight excluding hydrogens is 769 g/mol. The van der Waals surface area contributed by atoms with Crippen LogP contribution in [-0.4, -0.2) is 133 Å². The number of carbonyl (C=O) groups excluding carboxylic acids is 4. The first-order valence-electron chi connectivity index (χ1n) is 21.3. The highest BCUT2D eigenvalue weighted by Crippen LogP contribution is 2.68. The first kappa shape index (κ1) is 40.6. The number of benzene rings is 2. The minimum Gasteiger partial charge on any atom is -0.496 e. The lowest BCUT2D eigenvalue weighted by Gasteiger charge is -2.63. The normalized spacial score (nSPS) is 36.5. The summed E-state index contributed by atoms with van der Waals surface area (Å²) in [4.78, 5) is 66.1. The molecule has 1 saturated carbocycles. The molecule has 9 rings (SSSR count). The van der Waals surface area contributed by atoms with Gasteiger partial charge in [0.15, 0.2) is 6.10 Å². The van der Waals surface area contributed by atoms with Crippen molar-refractivity contribution in [2.24, 2.45) is 11.3 Å². The zero-order valence-corrected chi connectivity index (χ0v) is 35.3. The molecule has 2 bridgehead atoms. The van der Waals surface area contributed by atoms with Crippen LogP contribution in [0.5, 0.6) is 5.75 Å². The molecule has 1 aromatic heterocycles. The number of piperidine rings is 1. The summed E-state index contributed by atoms with van der Waals surface area (Å²) >= 11 is 0. The minimum absolute atomic E-state index is 0.155. The Kier molecular flexibility index (Phi) is 9.58. The summed E-state index contributed by atoms with van der Waals surface area (Å²) in [7, 11) is 4.09. The highest BCUT2D eigenvalue weighted by molar-refractivity contribution is 5.96. The van der Waals surface area contributed by atoms with Gasteiger partial charge in [-0.25, -0.2) is 4.79 Å². The van der Waals surface area contributed by atoms with E-state index in [1.807, 2.05) is 50.3 Å². The zero-order chi connectivity index (χ0) is 42.6. The molecule has 14 heteroatoms. The molecule has 2 aromatic carbocycles. The standard InChI is InChI=1S/C46H56N4O10/c1-7-42(55)22-28-23-45(40(53)58-5,36-30(14-18-48(24-28)25-42)29-12-9-10-13-33(29)47-36)32-20-31-34(21-35(32)57-4)50(26-51)38-44(31)16-19-49-17-11-15-43(8-2,37(44)49)39(60-27(3)52)46(38,56)41(54)59-6/h9-13,15,20-21,26,28,37-39,47,55-56H,7-8,14,16-19,22-25H2,1-6H3/t28-,37-,38+,39+,42-,43+,44?,45-,46-/m0/s1. The minimum atomic E-state index is -2.53. The Morgan fingerprint density at radius 2 is 1.73 bits per heavy atom. The number of hydrogen-bond donors (Lipinski definition) is 3. The number of nitrogens with one attached hydrogen (secondary N) is 1. The van der Waals surface area contributed by atoms with Crippen molar-refractivity contribution in [1.29, 1.82) is 0 Å². The Labute approximate surface area is 349 Å². The van der Waals surface area contributed by atoms with Crippen LogP contribution in [0.25, 0.3) is 10.9 Å². The molecule has 3 N–H and O–H groups in total. The molecule has 14 nitrogen and oxygen atoms in total. The van der Waals surface area contributed by atoms with Crippen LogP contribution >= 0.6 is 0 Å². The van der Waals surface area contributed by atoms with Gasteiger partial charge in [-0.2, -0.15) is 0 Å². The Hall–Kier alpha value is -4.76. The van der Waals surface area contributed by atoms with Gasteiger partial charge in [0.2, 0.25) is 12.0 Å². The van der Waals surface area contributed by atoms with Crippen molar-refractivity contribution in [2.45, 2.75) is 99.5 Å². The molecule has 1 amide bonds. The van der Waals surface area contributed by atoms with Crippen molar-refractivity contribution < 1.29 is 48.3 Å². The van der Waals surface area contributed by atoms with Gasteiger partial charge < -0.3 is 39.0 Å². The van der Waals surface area contributed by atoms with Crippen molar-refractivity contribution in [3.05, 3.63) is 70.9 Å². The van der Waals surface area contributed by atoms with Crippen LogP contribution < -0.4 is 9.64 Å². The number of ether oxygens (including phenoxy) is 4. The Morgan fingerprint density at radius 3 is 2.42 bits per heavy atom. The largest absolute Gasteiger partial charge is 0.496 e. The van der Waals surface area contributed by atoms with Gasteiger partial charge in [0, 0.05) is 78.2 Å². The molecule has 5 aliphatic heterocycles. The number of fused-ring (bicyclic) bond motifs is 6. The van der Waals surface area contributed by atoms with E-state index >= 15 is 4.79 Å². The van der Waals surface area contributed by atoms with E-state index in [4.69, 9.17) is 18.9 Å². The van der Waals surface area contributed by atoms with Crippen LogP contribution in [0.15, 0.2) is 48.6 Å². The van der Waals surface area contributed by atoms with E-state index in [1.54, 1.807) is 6.07 Å². The molecule has 320 valence electrons. The maximum atomic E-state index is 15.3. The predicted octanol–water partition coefficient (Wildman–Crippen LogP) is 3.52. The first-order valence-corrected chi connectivity index (χ1v) is 21.3. The molecule has 2 saturated heterocycles. The number of hydrogen-bond acceptors (Lipinski definition) is 12. The highest BCUT2D eigenvalue weighted by atomic mass is 16.6. The lowest BCUT2D eigenvalue weighted by molar-refractivity contribution is -0.228. The van der Waals surface area contributed by atoms with Gasteiger partial charge in [-0.3, -0.25) is 24.2 Å². The monoisotopic (exact) mass is 824 g/mol. The van der Waals surface area contributed by atoms with Crippen molar-refractivity contribution in [2.75, 3.05) is 59.0 Å². The van der Waals surface area contributed by atoms with Crippen molar-refractivity contribution >= 4 is 40.9 Å². The first-order chi connectivity index (χ1) is 28.8. The maximum absolute atomic E-state index is 15.3. The summed E-state index contributed by atoms with van der Waals surface area (Å²) < 4.78 is 23.7. The number of anilines is 1. The van der Waals surface area contributed by atoms with E-state index in [-0.39, 0.29) is 12.3 Å². The Balaban J connectivity index is 1.38. The molecule has 1 spiro atoms. The second kappa shape index (κ2) is 14.1. The number of aromatic nitrogens is 1. The number of nitrogens with zero attached hydrogens (tertiary/aromatic N) is 3. The van der Waals surface area contributed by atoms with Crippen molar-refractivity contribution in [1.82, 2.24) is 14.8 Å². The lowest BCUT2D eigenvalue weighted by Crippen LogP contribution is -2.81. The molecular formula is C46H56N4O10. The van der Waals surface area contributed by atoms with Crippen LogP contribution in [0.3, 0.4) is 0 Å². The van der Waals surface area contributed by atoms with Crippen molar-refractivity contribution in [3.63, 3.8) is 0 Å². The van der Waals surface area contributed by atoms with Gasteiger partial charge in [0.1, 0.15) is 11.2 Å². The SMILES string of the molecule is CC[C@]1(O)C[C@@H]2CN(CCc3c([nH]c4ccccc34)[C@@](C(=O)OC)(c3cc4c(cc3OC)N(C=O)[C@@H]3C45CCN4CC=C[C@](CC)([C@H]45)[C@@H](OC(C)=O)[C@]3(O)C(=O)OC)C2)C1. The van der Waals surface area contributed by atoms with E-state index in [0.29, 0.717) is 99.5 Å². The highest BCUT2D eigenvalue weighted by Gasteiger charge is 2.81. The summed E-state index contributed by atoms with van der Waals surface area (Å²) in [6.07, 6.45) is 5.83. The lowest BCUT2D eigenvalue weighted by atomic mass is 9.47. The number of carbonyl (C=O) groups is 4. The fourth-order valence-corrected chi connectivity index (χ4v) is 13.4. The van der Waals surface area contributed by atoms with Gasteiger partial charge in [-0.15, -0.1) is 0 Å². The third-order valence-corrected chi connectivity index (χ3v) is 15.5.